The smallest absolute Gasteiger partial charge is 0.0729 e. The van der Waals surface area contributed by atoms with Gasteiger partial charge in [-0.2, -0.15) is 0 Å². The summed E-state index contributed by atoms with van der Waals surface area (Å²) >= 11 is 0. The van der Waals surface area contributed by atoms with Gasteiger partial charge in [-0.05, 0) is 57.3 Å². The molecule has 0 aromatic rings. The highest BCUT2D eigenvalue weighted by molar-refractivity contribution is 4.92. The molecular formula is C16H29NO3. The van der Waals surface area contributed by atoms with Crippen molar-refractivity contribution in [3.63, 3.8) is 0 Å². The van der Waals surface area contributed by atoms with Gasteiger partial charge in [0.2, 0.25) is 0 Å². The first-order valence-electron chi connectivity index (χ1n) is 8.36. The average molecular weight is 283 g/mol. The monoisotopic (exact) mass is 283 g/mol. The number of ether oxygens (including phenoxy) is 3. The second kappa shape index (κ2) is 6.73. The Labute approximate surface area is 122 Å². The van der Waals surface area contributed by atoms with Gasteiger partial charge in [-0.1, -0.05) is 0 Å². The molecule has 4 heteroatoms. The van der Waals surface area contributed by atoms with Crippen molar-refractivity contribution in [2.75, 3.05) is 26.4 Å². The fraction of sp³-hybridized carbons (Fsp3) is 1.00. The molecule has 3 rings (SSSR count). The van der Waals surface area contributed by atoms with Gasteiger partial charge in [0.25, 0.3) is 0 Å². The van der Waals surface area contributed by atoms with Gasteiger partial charge in [0.05, 0.1) is 11.7 Å². The Bertz CT molecular complexity index is 293. The van der Waals surface area contributed by atoms with Gasteiger partial charge in [-0.3, -0.25) is 0 Å². The van der Waals surface area contributed by atoms with Crippen molar-refractivity contribution in [1.82, 2.24) is 0 Å². The topological polar surface area (TPSA) is 53.7 Å². The SMILES string of the molecule is NC(CC1CCCCO1)C1CCOC2(CCOCC2)C1. The van der Waals surface area contributed by atoms with Crippen LogP contribution in [0.1, 0.15) is 51.4 Å². The molecule has 3 fully saturated rings. The van der Waals surface area contributed by atoms with Crippen LogP contribution < -0.4 is 5.73 Å². The fourth-order valence-corrected chi connectivity index (χ4v) is 4.01. The van der Waals surface area contributed by atoms with Gasteiger partial charge < -0.3 is 19.9 Å². The van der Waals surface area contributed by atoms with Gasteiger partial charge in [-0.15, -0.1) is 0 Å². The summed E-state index contributed by atoms with van der Waals surface area (Å²) in [5.41, 5.74) is 6.56. The van der Waals surface area contributed by atoms with E-state index < -0.39 is 0 Å². The molecule has 116 valence electrons. The Kier molecular flexibility index (Phi) is 4.97. The van der Waals surface area contributed by atoms with E-state index in [-0.39, 0.29) is 11.6 Å². The first-order chi connectivity index (χ1) is 9.77. The van der Waals surface area contributed by atoms with Crippen LogP contribution in [-0.2, 0) is 14.2 Å². The average Bonchev–Trinajstić information content (AvgIpc) is 2.49. The lowest BCUT2D eigenvalue weighted by Crippen LogP contribution is -2.49. The minimum atomic E-state index is 0.0617. The third-order valence-electron chi connectivity index (χ3n) is 5.35. The summed E-state index contributed by atoms with van der Waals surface area (Å²) in [4.78, 5) is 0. The molecule has 3 unspecified atom stereocenters. The van der Waals surface area contributed by atoms with E-state index in [1.807, 2.05) is 0 Å². The molecule has 2 N–H and O–H groups in total. The van der Waals surface area contributed by atoms with Crippen LogP contribution in [-0.4, -0.2) is 44.2 Å². The molecule has 1 spiro atoms. The number of nitrogens with two attached hydrogens (primary N) is 1. The second-order valence-corrected chi connectivity index (χ2v) is 6.78. The maximum Gasteiger partial charge on any atom is 0.0729 e. The molecule has 3 saturated heterocycles. The summed E-state index contributed by atoms with van der Waals surface area (Å²) in [6, 6.07) is 0.265. The van der Waals surface area contributed by atoms with Crippen LogP contribution in [0.3, 0.4) is 0 Å². The lowest BCUT2D eigenvalue weighted by atomic mass is 9.76. The molecule has 3 heterocycles. The Morgan fingerprint density at radius 1 is 1.05 bits per heavy atom. The van der Waals surface area contributed by atoms with E-state index in [0.717, 1.165) is 58.5 Å². The third kappa shape index (κ3) is 3.53. The first kappa shape index (κ1) is 14.8. The predicted octanol–water partition coefficient (Wildman–Crippen LogP) is 2.25. The van der Waals surface area contributed by atoms with Crippen LogP contribution in [0.15, 0.2) is 0 Å². The molecule has 0 bridgehead atoms. The molecule has 4 nitrogen and oxygen atoms in total. The van der Waals surface area contributed by atoms with Gasteiger partial charge in [0.15, 0.2) is 0 Å². The van der Waals surface area contributed by atoms with Crippen LogP contribution in [0.4, 0.5) is 0 Å². The van der Waals surface area contributed by atoms with Crippen LogP contribution in [0, 0.1) is 5.92 Å². The molecule has 0 aromatic heterocycles. The van der Waals surface area contributed by atoms with Crippen LogP contribution >= 0.6 is 0 Å². The van der Waals surface area contributed by atoms with E-state index in [1.165, 1.54) is 19.3 Å². The summed E-state index contributed by atoms with van der Waals surface area (Å²) < 4.78 is 17.4. The molecule has 0 aliphatic carbocycles. The van der Waals surface area contributed by atoms with Crippen molar-refractivity contribution in [1.29, 1.82) is 0 Å². The molecule has 3 aliphatic rings. The first-order valence-corrected chi connectivity index (χ1v) is 8.36. The van der Waals surface area contributed by atoms with Crippen molar-refractivity contribution >= 4 is 0 Å². The Morgan fingerprint density at radius 2 is 1.90 bits per heavy atom. The van der Waals surface area contributed by atoms with E-state index >= 15 is 0 Å². The molecule has 20 heavy (non-hydrogen) atoms. The normalized spacial score (nSPS) is 35.9. The van der Waals surface area contributed by atoms with E-state index in [0.29, 0.717) is 12.0 Å². The van der Waals surface area contributed by atoms with Gasteiger partial charge in [0.1, 0.15) is 0 Å². The molecule has 3 aliphatic heterocycles. The minimum absolute atomic E-state index is 0.0617. The molecule has 0 amide bonds. The Morgan fingerprint density at radius 3 is 2.65 bits per heavy atom. The van der Waals surface area contributed by atoms with E-state index in [1.54, 1.807) is 0 Å². The van der Waals surface area contributed by atoms with Gasteiger partial charge in [0, 0.05) is 32.5 Å². The quantitative estimate of drug-likeness (QED) is 0.863. The van der Waals surface area contributed by atoms with Crippen molar-refractivity contribution < 1.29 is 14.2 Å². The van der Waals surface area contributed by atoms with Crippen LogP contribution in [0.2, 0.25) is 0 Å². The minimum Gasteiger partial charge on any atom is -0.381 e. The standard InChI is InChI=1S/C16H29NO3/c17-15(11-14-3-1-2-7-19-14)13-4-8-20-16(12-13)5-9-18-10-6-16/h13-15H,1-12,17H2. The molecule has 0 radical (unpaired) electrons. The van der Waals surface area contributed by atoms with Crippen molar-refractivity contribution in [3.8, 4) is 0 Å². The highest BCUT2D eigenvalue weighted by atomic mass is 16.5. The Hall–Kier alpha value is -0.160. The third-order valence-corrected chi connectivity index (χ3v) is 5.35. The zero-order valence-corrected chi connectivity index (χ0v) is 12.5. The van der Waals surface area contributed by atoms with E-state index in [9.17, 15) is 0 Å². The summed E-state index contributed by atoms with van der Waals surface area (Å²) in [6.07, 6.45) is 9.42. The molecule has 3 atom stereocenters. The highest BCUT2D eigenvalue weighted by Crippen LogP contribution is 2.38. The van der Waals surface area contributed by atoms with E-state index in [2.05, 4.69) is 0 Å². The molecule has 0 saturated carbocycles. The Balaban J connectivity index is 1.52. The summed E-state index contributed by atoms with van der Waals surface area (Å²) in [5.74, 6) is 0.590. The molecule has 0 aromatic carbocycles. The van der Waals surface area contributed by atoms with E-state index in [4.69, 9.17) is 19.9 Å². The maximum absolute atomic E-state index is 6.50. The van der Waals surface area contributed by atoms with Gasteiger partial charge in [-0.25, -0.2) is 0 Å². The summed E-state index contributed by atoms with van der Waals surface area (Å²) in [7, 11) is 0. The number of hydrogen-bond acceptors (Lipinski definition) is 4. The fourth-order valence-electron chi connectivity index (χ4n) is 4.01. The maximum atomic E-state index is 6.50. The van der Waals surface area contributed by atoms with Crippen molar-refractivity contribution in [2.24, 2.45) is 11.7 Å². The molecular weight excluding hydrogens is 254 g/mol. The lowest BCUT2D eigenvalue weighted by Gasteiger charge is -2.45. The summed E-state index contributed by atoms with van der Waals surface area (Å²) in [5, 5.41) is 0. The predicted molar refractivity (Wildman–Crippen MR) is 77.6 cm³/mol. The second-order valence-electron chi connectivity index (χ2n) is 6.78. The summed E-state index contributed by atoms with van der Waals surface area (Å²) in [6.45, 7) is 3.47. The zero-order chi connectivity index (χ0) is 13.8. The van der Waals surface area contributed by atoms with Crippen LogP contribution in [0.25, 0.3) is 0 Å². The number of rotatable bonds is 3. The van der Waals surface area contributed by atoms with Crippen LogP contribution in [0.5, 0.6) is 0 Å². The van der Waals surface area contributed by atoms with Gasteiger partial charge >= 0.3 is 0 Å². The van der Waals surface area contributed by atoms with Crippen molar-refractivity contribution in [3.05, 3.63) is 0 Å². The lowest BCUT2D eigenvalue weighted by molar-refractivity contribution is -0.150. The highest BCUT2D eigenvalue weighted by Gasteiger charge is 2.40. The largest absolute Gasteiger partial charge is 0.381 e. The van der Waals surface area contributed by atoms with Crippen molar-refractivity contribution in [2.45, 2.75) is 69.1 Å². The zero-order valence-electron chi connectivity index (χ0n) is 12.5. The number of hydrogen-bond donors (Lipinski definition) is 1.